The van der Waals surface area contributed by atoms with Gasteiger partial charge < -0.3 is 0 Å². The molecule has 0 aliphatic heterocycles. The Labute approximate surface area is 43.2 Å². The maximum absolute atomic E-state index is 9.70. The lowest BCUT2D eigenvalue weighted by Gasteiger charge is -1.92. The van der Waals surface area contributed by atoms with Gasteiger partial charge in [-0.05, 0) is 5.92 Å². The van der Waals surface area contributed by atoms with Crippen molar-refractivity contribution in [3.63, 3.8) is 0 Å². The molecular weight excluding hydrogens is 92.1 g/mol. The van der Waals surface area contributed by atoms with E-state index in [1.807, 2.05) is 13.8 Å². The molecule has 7 heavy (non-hydrogen) atoms. The summed E-state index contributed by atoms with van der Waals surface area (Å²) in [6, 6.07) is 0. The third kappa shape index (κ3) is 5.47. The highest BCUT2D eigenvalue weighted by Gasteiger charge is 2.01. The van der Waals surface area contributed by atoms with Crippen LogP contribution in [0.25, 0.3) is 0 Å². The predicted octanol–water partition coefficient (Wildman–Crippen LogP) is 0.990. The maximum Gasteiger partial charge on any atom is 0.355 e. The molecule has 0 aromatic rings. The number of carbonyl (C=O) groups excluding carboxylic acids is 1. The minimum Gasteiger partial charge on any atom is -0.247 e. The molecular formula is C5H9O2. The van der Waals surface area contributed by atoms with Gasteiger partial charge in [0.05, 0.1) is 6.42 Å². The molecule has 0 atom stereocenters. The van der Waals surface area contributed by atoms with Crippen LogP contribution in [0, 0.1) is 5.92 Å². The topological polar surface area (TPSA) is 37.0 Å². The lowest BCUT2D eigenvalue weighted by Crippen LogP contribution is -1.97. The summed E-state index contributed by atoms with van der Waals surface area (Å²) in [5.41, 5.74) is 0. The summed E-state index contributed by atoms with van der Waals surface area (Å²) in [6.07, 6.45) is 0.167. The Morgan fingerprint density at radius 1 is 1.57 bits per heavy atom. The van der Waals surface area contributed by atoms with Crippen LogP contribution in [-0.2, 0) is 9.90 Å². The van der Waals surface area contributed by atoms with Crippen LogP contribution in [0.5, 0.6) is 0 Å². The Bertz CT molecular complexity index is 66.5. The van der Waals surface area contributed by atoms with Crippen LogP contribution in [-0.4, -0.2) is 5.97 Å². The molecule has 0 N–H and O–H groups in total. The zero-order valence-electron chi connectivity index (χ0n) is 4.60. The van der Waals surface area contributed by atoms with Crippen LogP contribution in [0.15, 0.2) is 0 Å². The van der Waals surface area contributed by atoms with E-state index in [0.29, 0.717) is 0 Å². The van der Waals surface area contributed by atoms with Crippen molar-refractivity contribution in [2.75, 3.05) is 0 Å². The molecule has 0 bridgehead atoms. The first kappa shape index (κ1) is 6.47. The van der Waals surface area contributed by atoms with Crippen LogP contribution in [0.2, 0.25) is 0 Å². The van der Waals surface area contributed by atoms with Crippen molar-refractivity contribution >= 4 is 5.97 Å². The first-order chi connectivity index (χ1) is 3.13. The van der Waals surface area contributed by atoms with E-state index in [1.54, 1.807) is 0 Å². The summed E-state index contributed by atoms with van der Waals surface area (Å²) >= 11 is 0. The van der Waals surface area contributed by atoms with Crippen LogP contribution < -0.4 is 0 Å². The van der Waals surface area contributed by atoms with Gasteiger partial charge in [-0.15, -0.1) is 0 Å². The van der Waals surface area contributed by atoms with Crippen molar-refractivity contribution in [1.29, 1.82) is 0 Å². The molecule has 41 valence electrons. The number of carbonyl (C=O) groups is 1. The van der Waals surface area contributed by atoms with Gasteiger partial charge in [-0.25, -0.2) is 9.90 Å². The third-order valence-corrected chi connectivity index (χ3v) is 0.575. The molecule has 0 spiro atoms. The molecule has 0 aliphatic rings. The summed E-state index contributed by atoms with van der Waals surface area (Å²) in [6.45, 7) is 3.69. The van der Waals surface area contributed by atoms with Crippen molar-refractivity contribution in [1.82, 2.24) is 0 Å². The second-order valence-corrected chi connectivity index (χ2v) is 1.97. The SMILES string of the molecule is CC(C)CC([O])=O. The molecule has 0 aliphatic carbocycles. The Balaban J connectivity index is 3.13. The highest BCUT2D eigenvalue weighted by atomic mass is 16.4. The van der Waals surface area contributed by atoms with Gasteiger partial charge in [-0.3, -0.25) is 0 Å². The molecule has 2 heteroatoms. The van der Waals surface area contributed by atoms with Crippen molar-refractivity contribution in [3.8, 4) is 0 Å². The first-order valence-electron chi connectivity index (χ1n) is 2.32. The molecule has 2 nitrogen and oxygen atoms in total. The average molecular weight is 101 g/mol. The minimum absolute atomic E-state index is 0.167. The van der Waals surface area contributed by atoms with Crippen LogP contribution in [0.3, 0.4) is 0 Å². The summed E-state index contributed by atoms with van der Waals surface area (Å²) < 4.78 is 0. The highest BCUT2D eigenvalue weighted by molar-refractivity contribution is 5.66. The summed E-state index contributed by atoms with van der Waals surface area (Å²) in [5, 5.41) is 9.70. The first-order valence-corrected chi connectivity index (χ1v) is 2.32. The zero-order valence-corrected chi connectivity index (χ0v) is 4.60. The number of rotatable bonds is 2. The maximum atomic E-state index is 9.70. The Morgan fingerprint density at radius 2 is 2.00 bits per heavy atom. The van der Waals surface area contributed by atoms with Crippen LogP contribution in [0.1, 0.15) is 20.3 Å². The van der Waals surface area contributed by atoms with Gasteiger partial charge in [-0.1, -0.05) is 13.8 Å². The van der Waals surface area contributed by atoms with Gasteiger partial charge in [0, 0.05) is 0 Å². The van der Waals surface area contributed by atoms with Gasteiger partial charge in [0.1, 0.15) is 0 Å². The fourth-order valence-corrected chi connectivity index (χ4v) is 0.333. The monoisotopic (exact) mass is 101 g/mol. The minimum atomic E-state index is -0.963. The van der Waals surface area contributed by atoms with Crippen LogP contribution >= 0.6 is 0 Å². The largest absolute Gasteiger partial charge is 0.355 e. The lowest BCUT2D eigenvalue weighted by atomic mass is 10.1. The molecule has 0 saturated carbocycles. The summed E-state index contributed by atoms with van der Waals surface area (Å²) in [4.78, 5) is 9.70. The average Bonchev–Trinajstić information content (AvgIpc) is 1.27. The normalized spacial score (nSPS) is 9.57. The van der Waals surface area contributed by atoms with Gasteiger partial charge in [0.2, 0.25) is 0 Å². The molecule has 1 radical (unpaired) electrons. The lowest BCUT2D eigenvalue weighted by molar-refractivity contribution is -0.143. The molecule has 0 heterocycles. The molecule has 0 aromatic heterocycles. The van der Waals surface area contributed by atoms with E-state index in [2.05, 4.69) is 0 Å². The van der Waals surface area contributed by atoms with E-state index >= 15 is 0 Å². The van der Waals surface area contributed by atoms with Crippen molar-refractivity contribution in [3.05, 3.63) is 0 Å². The van der Waals surface area contributed by atoms with Crippen LogP contribution in [0.4, 0.5) is 0 Å². The Kier molecular flexibility index (Phi) is 2.41. The van der Waals surface area contributed by atoms with Crippen molar-refractivity contribution < 1.29 is 9.90 Å². The van der Waals surface area contributed by atoms with E-state index < -0.39 is 5.97 Å². The fraction of sp³-hybridized carbons (Fsp3) is 0.800. The van der Waals surface area contributed by atoms with Gasteiger partial charge in [0.15, 0.2) is 0 Å². The molecule has 0 aromatic carbocycles. The van der Waals surface area contributed by atoms with Gasteiger partial charge in [0.25, 0.3) is 0 Å². The fourth-order valence-electron chi connectivity index (χ4n) is 0.333. The Morgan fingerprint density at radius 3 is 2.00 bits per heavy atom. The van der Waals surface area contributed by atoms with E-state index in [-0.39, 0.29) is 12.3 Å². The van der Waals surface area contributed by atoms with E-state index in [0.717, 1.165) is 0 Å². The molecule has 0 saturated heterocycles. The smallest absolute Gasteiger partial charge is 0.247 e. The van der Waals surface area contributed by atoms with Crippen molar-refractivity contribution in [2.45, 2.75) is 20.3 Å². The van der Waals surface area contributed by atoms with Gasteiger partial charge in [-0.2, -0.15) is 0 Å². The standard InChI is InChI=1S/C5H9O2/c1-4(2)3-5(6)7/h4H,3H2,1-2H3. The zero-order chi connectivity index (χ0) is 5.86. The predicted molar refractivity (Wildman–Crippen MR) is 25.1 cm³/mol. The highest BCUT2D eigenvalue weighted by Crippen LogP contribution is 1.96. The number of hydrogen-bond acceptors (Lipinski definition) is 1. The summed E-state index contributed by atoms with van der Waals surface area (Å²) in [5.74, 6) is -0.750. The third-order valence-electron chi connectivity index (χ3n) is 0.575. The Hall–Kier alpha value is -0.530. The second kappa shape index (κ2) is 2.61. The quantitative estimate of drug-likeness (QED) is 0.511. The van der Waals surface area contributed by atoms with E-state index in [4.69, 9.17) is 0 Å². The second-order valence-electron chi connectivity index (χ2n) is 1.97. The summed E-state index contributed by atoms with van der Waals surface area (Å²) in [7, 11) is 0. The molecule has 0 fully saturated rings. The van der Waals surface area contributed by atoms with E-state index in [1.165, 1.54) is 0 Å². The van der Waals surface area contributed by atoms with Crippen molar-refractivity contribution in [2.24, 2.45) is 5.92 Å². The van der Waals surface area contributed by atoms with Gasteiger partial charge >= 0.3 is 5.97 Å². The molecule has 0 unspecified atom stereocenters. The number of hydrogen-bond donors (Lipinski definition) is 0. The molecule has 0 rings (SSSR count). The molecule has 0 amide bonds. The van der Waals surface area contributed by atoms with E-state index in [9.17, 15) is 9.90 Å².